The van der Waals surface area contributed by atoms with Crippen molar-refractivity contribution in [3.05, 3.63) is 31.7 Å². The predicted octanol–water partition coefficient (Wildman–Crippen LogP) is 3.90. The zero-order valence-electron chi connectivity index (χ0n) is 7.39. The average Bonchev–Trinajstić information content (AvgIpc) is 2.03. The normalized spacial score (nSPS) is 10.6. The first-order chi connectivity index (χ1) is 5.41. The summed E-state index contributed by atoms with van der Waals surface area (Å²) >= 11 is 0. The van der Waals surface area contributed by atoms with Crippen molar-refractivity contribution in [1.82, 2.24) is 0 Å². The van der Waals surface area contributed by atoms with Crippen molar-refractivity contribution in [2.45, 2.75) is 38.5 Å². The van der Waals surface area contributed by atoms with Crippen molar-refractivity contribution in [3.8, 4) is 0 Å². The zero-order chi connectivity index (χ0) is 8.36. The molecule has 0 rings (SSSR count). The molecule has 0 N–H and O–H groups in total. The maximum atomic E-state index is 3.80. The van der Waals surface area contributed by atoms with Crippen LogP contribution >= 0.6 is 0 Å². The topological polar surface area (TPSA) is 0 Å². The van der Waals surface area contributed by atoms with Crippen molar-refractivity contribution >= 4 is 0 Å². The summed E-state index contributed by atoms with van der Waals surface area (Å²) in [5.74, 6) is 0. The maximum Gasteiger partial charge on any atom is -0.0172 e. The molecule has 0 aliphatic rings. The van der Waals surface area contributed by atoms with Gasteiger partial charge in [0.25, 0.3) is 0 Å². The lowest BCUT2D eigenvalue weighted by Crippen LogP contribution is -1.73. The quantitative estimate of drug-likeness (QED) is 0.382. The third kappa shape index (κ3) is 9.48. The molecule has 0 amide bonds. The molecule has 0 unspecified atom stereocenters. The van der Waals surface area contributed by atoms with Crippen LogP contribution in [0.3, 0.4) is 0 Å². The number of allylic oxidation sites excluding steroid dienone is 3. The van der Waals surface area contributed by atoms with Gasteiger partial charge in [0.05, 0.1) is 0 Å². The smallest absolute Gasteiger partial charge is 0.0172 e. The summed E-state index contributed by atoms with van der Waals surface area (Å²) in [4.78, 5) is 0. The van der Waals surface area contributed by atoms with Crippen LogP contribution in [0.15, 0.2) is 24.8 Å². The average molecular weight is 151 g/mol. The number of hydrogen-bond acceptors (Lipinski definition) is 0. The number of unbranched alkanes of at least 4 members (excludes halogenated alkanes) is 4. The Hall–Kier alpha value is -0.520. The van der Waals surface area contributed by atoms with Gasteiger partial charge in [-0.2, -0.15) is 0 Å². The van der Waals surface area contributed by atoms with Crippen LogP contribution in [0, 0.1) is 6.92 Å². The molecule has 1 radical (unpaired) electrons. The highest BCUT2D eigenvalue weighted by Gasteiger charge is 1.83. The Balaban J connectivity index is 2.94. The van der Waals surface area contributed by atoms with E-state index in [1.165, 1.54) is 25.7 Å². The van der Waals surface area contributed by atoms with Crippen molar-refractivity contribution in [2.75, 3.05) is 0 Å². The van der Waals surface area contributed by atoms with Gasteiger partial charge in [0.1, 0.15) is 0 Å². The molecule has 0 aliphatic carbocycles. The van der Waals surface area contributed by atoms with Crippen LogP contribution in [0.1, 0.15) is 38.5 Å². The maximum absolute atomic E-state index is 3.80. The molecular weight excluding hydrogens is 132 g/mol. The second-order valence-corrected chi connectivity index (χ2v) is 2.70. The van der Waals surface area contributed by atoms with Crippen LogP contribution in [0.2, 0.25) is 0 Å². The first-order valence-electron chi connectivity index (χ1n) is 4.47. The van der Waals surface area contributed by atoms with E-state index in [0.717, 1.165) is 12.8 Å². The Morgan fingerprint density at radius 1 is 1.00 bits per heavy atom. The molecule has 63 valence electrons. The summed E-state index contributed by atoms with van der Waals surface area (Å²) in [5, 5.41) is 0. The molecule has 0 atom stereocenters. The zero-order valence-corrected chi connectivity index (χ0v) is 7.39. The summed E-state index contributed by atoms with van der Waals surface area (Å²) in [7, 11) is 0. The van der Waals surface area contributed by atoms with E-state index in [1.54, 1.807) is 0 Å². The number of rotatable bonds is 7. The highest BCUT2D eigenvalue weighted by atomic mass is 13.9. The summed E-state index contributed by atoms with van der Waals surface area (Å²) < 4.78 is 0. The van der Waals surface area contributed by atoms with E-state index in [9.17, 15) is 0 Å². The minimum atomic E-state index is 1.01. The first-order valence-corrected chi connectivity index (χ1v) is 4.47. The van der Waals surface area contributed by atoms with Gasteiger partial charge < -0.3 is 0 Å². The van der Waals surface area contributed by atoms with Gasteiger partial charge in [-0.05, 0) is 19.3 Å². The Morgan fingerprint density at radius 2 is 1.82 bits per heavy atom. The van der Waals surface area contributed by atoms with Gasteiger partial charge in [-0.1, -0.05) is 44.4 Å². The SMILES string of the molecule is [CH2]CCCCCC=CCC=C. The fourth-order valence-electron chi connectivity index (χ4n) is 0.926. The van der Waals surface area contributed by atoms with Crippen LogP contribution in [0.4, 0.5) is 0 Å². The van der Waals surface area contributed by atoms with E-state index in [-0.39, 0.29) is 0 Å². The Labute approximate surface area is 71.0 Å². The summed E-state index contributed by atoms with van der Waals surface area (Å²) in [6.45, 7) is 7.45. The third-order valence-electron chi connectivity index (χ3n) is 1.59. The van der Waals surface area contributed by atoms with Gasteiger partial charge in [0.2, 0.25) is 0 Å². The van der Waals surface area contributed by atoms with E-state index < -0.39 is 0 Å². The lowest BCUT2D eigenvalue weighted by Gasteiger charge is -1.93. The van der Waals surface area contributed by atoms with Crippen molar-refractivity contribution in [3.63, 3.8) is 0 Å². The van der Waals surface area contributed by atoms with Crippen LogP contribution in [-0.2, 0) is 0 Å². The van der Waals surface area contributed by atoms with Crippen LogP contribution in [-0.4, -0.2) is 0 Å². The Morgan fingerprint density at radius 3 is 2.45 bits per heavy atom. The van der Waals surface area contributed by atoms with Gasteiger partial charge >= 0.3 is 0 Å². The fraction of sp³-hybridized carbons (Fsp3) is 0.545. The minimum Gasteiger partial charge on any atom is -0.103 e. The van der Waals surface area contributed by atoms with Crippen LogP contribution < -0.4 is 0 Å². The summed E-state index contributed by atoms with van der Waals surface area (Å²) in [5.41, 5.74) is 0. The molecule has 0 aromatic rings. The molecule has 0 nitrogen and oxygen atoms in total. The standard InChI is InChI=1S/C11H19/c1-3-5-7-9-11-10-8-6-4-2/h3,7,9H,1-2,4-6,8,10-11H2. The van der Waals surface area contributed by atoms with E-state index in [0.29, 0.717) is 0 Å². The molecule has 0 heterocycles. The fourth-order valence-corrected chi connectivity index (χ4v) is 0.926. The monoisotopic (exact) mass is 151 g/mol. The summed E-state index contributed by atoms with van der Waals surface area (Å²) in [6, 6.07) is 0. The van der Waals surface area contributed by atoms with Crippen molar-refractivity contribution in [1.29, 1.82) is 0 Å². The molecule has 0 heteroatoms. The molecule has 0 aromatic carbocycles. The molecule has 0 saturated heterocycles. The molecular formula is C11H19. The van der Waals surface area contributed by atoms with Gasteiger partial charge in [0, 0.05) is 0 Å². The first kappa shape index (κ1) is 10.5. The van der Waals surface area contributed by atoms with Crippen molar-refractivity contribution in [2.24, 2.45) is 0 Å². The molecule has 0 aliphatic heterocycles. The van der Waals surface area contributed by atoms with E-state index in [2.05, 4.69) is 25.7 Å². The molecule has 0 fully saturated rings. The van der Waals surface area contributed by atoms with E-state index in [4.69, 9.17) is 0 Å². The highest BCUT2D eigenvalue weighted by Crippen LogP contribution is 2.02. The van der Waals surface area contributed by atoms with Gasteiger partial charge in [0.15, 0.2) is 0 Å². The Bertz CT molecular complexity index is 101. The van der Waals surface area contributed by atoms with Crippen molar-refractivity contribution < 1.29 is 0 Å². The van der Waals surface area contributed by atoms with Crippen LogP contribution in [0.25, 0.3) is 0 Å². The van der Waals surface area contributed by atoms with E-state index >= 15 is 0 Å². The third-order valence-corrected chi connectivity index (χ3v) is 1.59. The largest absolute Gasteiger partial charge is 0.103 e. The lowest BCUT2D eigenvalue weighted by molar-refractivity contribution is 0.694. The summed E-state index contributed by atoms with van der Waals surface area (Å²) in [6.07, 6.45) is 13.5. The van der Waals surface area contributed by atoms with Gasteiger partial charge in [-0.15, -0.1) is 6.58 Å². The van der Waals surface area contributed by atoms with Crippen LogP contribution in [0.5, 0.6) is 0 Å². The Kier molecular flexibility index (Phi) is 9.03. The minimum absolute atomic E-state index is 1.01. The molecule has 0 saturated carbocycles. The predicted molar refractivity (Wildman–Crippen MR) is 52.4 cm³/mol. The van der Waals surface area contributed by atoms with Gasteiger partial charge in [-0.25, -0.2) is 0 Å². The second kappa shape index (κ2) is 9.48. The molecule has 11 heavy (non-hydrogen) atoms. The molecule has 0 bridgehead atoms. The van der Waals surface area contributed by atoms with Gasteiger partial charge in [-0.3, -0.25) is 0 Å². The highest BCUT2D eigenvalue weighted by molar-refractivity contribution is 4.87. The molecule has 0 aromatic heterocycles. The lowest BCUT2D eigenvalue weighted by atomic mass is 10.1. The number of hydrogen-bond donors (Lipinski definition) is 0. The van der Waals surface area contributed by atoms with E-state index in [1.807, 2.05) is 6.08 Å². The second-order valence-electron chi connectivity index (χ2n) is 2.70. The molecule has 0 spiro atoms.